The lowest BCUT2D eigenvalue weighted by Crippen LogP contribution is -2.25. The van der Waals surface area contributed by atoms with Crippen LogP contribution in [-0.4, -0.2) is 24.5 Å². The summed E-state index contributed by atoms with van der Waals surface area (Å²) in [5.41, 5.74) is 0.566. The van der Waals surface area contributed by atoms with Crippen molar-refractivity contribution >= 4 is 0 Å². The lowest BCUT2D eigenvalue weighted by atomic mass is 9.83. The van der Waals surface area contributed by atoms with Gasteiger partial charge in [-0.3, -0.25) is 0 Å². The van der Waals surface area contributed by atoms with Crippen molar-refractivity contribution in [1.82, 2.24) is 4.90 Å². The van der Waals surface area contributed by atoms with E-state index in [1.807, 2.05) is 0 Å². The van der Waals surface area contributed by atoms with Gasteiger partial charge < -0.3 is 4.90 Å². The highest BCUT2D eigenvalue weighted by Gasteiger charge is 2.20. The first-order chi connectivity index (χ1) is 7.64. The van der Waals surface area contributed by atoms with Crippen molar-refractivity contribution in [3.8, 4) is 0 Å². The Kier molecular flexibility index (Phi) is 6.41. The second-order valence-electron chi connectivity index (χ2n) is 6.27. The van der Waals surface area contributed by atoms with E-state index in [1.165, 1.54) is 71.0 Å². The largest absolute Gasteiger partial charge is 0.303 e. The van der Waals surface area contributed by atoms with Gasteiger partial charge in [0.05, 0.1) is 0 Å². The molecule has 0 spiro atoms. The van der Waals surface area contributed by atoms with E-state index < -0.39 is 0 Å². The molecule has 1 nitrogen and oxygen atoms in total. The smallest absolute Gasteiger partial charge is 0.00136 e. The summed E-state index contributed by atoms with van der Waals surface area (Å²) in [4.78, 5) is 2.65. The van der Waals surface area contributed by atoms with Crippen molar-refractivity contribution < 1.29 is 0 Å². The van der Waals surface area contributed by atoms with E-state index in [4.69, 9.17) is 0 Å². The van der Waals surface area contributed by atoms with Crippen LogP contribution in [0, 0.1) is 5.41 Å². The second-order valence-corrected chi connectivity index (χ2v) is 6.27. The SMILES string of the molecule is CCCCCCC(C)(C)CCN1CCCC1. The molecule has 1 aliphatic rings. The zero-order chi connectivity index (χ0) is 11.9. The number of nitrogens with zero attached hydrogens (tertiary/aromatic N) is 1. The molecule has 1 fully saturated rings. The standard InChI is InChI=1S/C15H31N/c1-4-5-6-7-10-15(2,3)11-14-16-12-8-9-13-16/h4-14H2,1-3H3. The first kappa shape index (κ1) is 14.0. The number of hydrogen-bond donors (Lipinski definition) is 0. The molecular formula is C15H31N. The first-order valence-electron chi connectivity index (χ1n) is 7.36. The maximum atomic E-state index is 2.65. The molecule has 0 atom stereocenters. The zero-order valence-electron chi connectivity index (χ0n) is 11.7. The van der Waals surface area contributed by atoms with Gasteiger partial charge in [-0.1, -0.05) is 46.5 Å². The maximum absolute atomic E-state index is 2.65. The molecule has 0 amide bonds. The Hall–Kier alpha value is -0.0400. The fourth-order valence-corrected chi connectivity index (χ4v) is 2.62. The summed E-state index contributed by atoms with van der Waals surface area (Å²) in [6.07, 6.45) is 11.3. The van der Waals surface area contributed by atoms with Crippen molar-refractivity contribution in [3.05, 3.63) is 0 Å². The van der Waals surface area contributed by atoms with E-state index in [9.17, 15) is 0 Å². The zero-order valence-corrected chi connectivity index (χ0v) is 11.7. The van der Waals surface area contributed by atoms with Gasteiger partial charge in [0.1, 0.15) is 0 Å². The third-order valence-electron chi connectivity index (χ3n) is 4.01. The van der Waals surface area contributed by atoms with Crippen molar-refractivity contribution in [3.63, 3.8) is 0 Å². The minimum atomic E-state index is 0.566. The van der Waals surface area contributed by atoms with Crippen LogP contribution in [0.4, 0.5) is 0 Å². The number of unbranched alkanes of at least 4 members (excludes halogenated alkanes) is 3. The Labute approximate surface area is 103 Å². The van der Waals surface area contributed by atoms with Gasteiger partial charge in [-0.2, -0.15) is 0 Å². The summed E-state index contributed by atoms with van der Waals surface area (Å²) in [7, 11) is 0. The molecule has 0 bridgehead atoms. The molecule has 1 heteroatoms. The monoisotopic (exact) mass is 225 g/mol. The van der Waals surface area contributed by atoms with Crippen LogP contribution in [0.2, 0.25) is 0 Å². The van der Waals surface area contributed by atoms with Gasteiger partial charge >= 0.3 is 0 Å². The normalized spacial score (nSPS) is 18.2. The topological polar surface area (TPSA) is 3.24 Å². The van der Waals surface area contributed by atoms with Crippen molar-refractivity contribution in [2.24, 2.45) is 5.41 Å². The van der Waals surface area contributed by atoms with Gasteiger partial charge in [0, 0.05) is 0 Å². The van der Waals surface area contributed by atoms with Crippen LogP contribution in [0.5, 0.6) is 0 Å². The van der Waals surface area contributed by atoms with Crippen LogP contribution >= 0.6 is 0 Å². The fourth-order valence-electron chi connectivity index (χ4n) is 2.62. The Morgan fingerprint density at radius 3 is 2.25 bits per heavy atom. The predicted molar refractivity (Wildman–Crippen MR) is 72.8 cm³/mol. The summed E-state index contributed by atoms with van der Waals surface area (Å²) in [6.45, 7) is 11.2. The van der Waals surface area contributed by atoms with Crippen molar-refractivity contribution in [1.29, 1.82) is 0 Å². The minimum Gasteiger partial charge on any atom is -0.303 e. The van der Waals surface area contributed by atoms with E-state index in [2.05, 4.69) is 25.7 Å². The van der Waals surface area contributed by atoms with Crippen LogP contribution in [-0.2, 0) is 0 Å². The Morgan fingerprint density at radius 2 is 1.62 bits per heavy atom. The van der Waals surface area contributed by atoms with Gasteiger partial charge in [0.15, 0.2) is 0 Å². The van der Waals surface area contributed by atoms with E-state index >= 15 is 0 Å². The third-order valence-corrected chi connectivity index (χ3v) is 4.01. The quantitative estimate of drug-likeness (QED) is 0.551. The Balaban J connectivity index is 2.07. The van der Waals surface area contributed by atoms with Crippen LogP contribution in [0.15, 0.2) is 0 Å². The van der Waals surface area contributed by atoms with E-state index in [0.717, 1.165) is 0 Å². The minimum absolute atomic E-state index is 0.566. The van der Waals surface area contributed by atoms with Gasteiger partial charge in [0.2, 0.25) is 0 Å². The molecule has 96 valence electrons. The number of rotatable bonds is 8. The molecule has 16 heavy (non-hydrogen) atoms. The molecule has 0 saturated carbocycles. The molecule has 0 radical (unpaired) electrons. The Morgan fingerprint density at radius 1 is 0.938 bits per heavy atom. The van der Waals surface area contributed by atoms with Gasteiger partial charge in [0.25, 0.3) is 0 Å². The Bertz CT molecular complexity index is 168. The molecule has 0 aromatic carbocycles. The van der Waals surface area contributed by atoms with E-state index in [1.54, 1.807) is 0 Å². The molecule has 1 rings (SSSR count). The molecule has 0 aliphatic carbocycles. The third kappa shape index (κ3) is 5.89. The predicted octanol–water partition coefficient (Wildman–Crippen LogP) is 4.47. The molecule has 0 aromatic rings. The second kappa shape index (κ2) is 7.32. The van der Waals surface area contributed by atoms with Crippen LogP contribution in [0.3, 0.4) is 0 Å². The number of hydrogen-bond acceptors (Lipinski definition) is 1. The van der Waals surface area contributed by atoms with Crippen LogP contribution < -0.4 is 0 Å². The van der Waals surface area contributed by atoms with Gasteiger partial charge in [-0.05, 0) is 50.7 Å². The molecule has 0 aromatic heterocycles. The van der Waals surface area contributed by atoms with E-state index in [0.29, 0.717) is 5.41 Å². The van der Waals surface area contributed by atoms with Crippen molar-refractivity contribution in [2.45, 2.75) is 72.1 Å². The summed E-state index contributed by atoms with van der Waals surface area (Å²) < 4.78 is 0. The highest BCUT2D eigenvalue weighted by Crippen LogP contribution is 2.28. The number of likely N-dealkylation sites (tertiary alicyclic amines) is 1. The highest BCUT2D eigenvalue weighted by molar-refractivity contribution is 4.73. The van der Waals surface area contributed by atoms with Crippen LogP contribution in [0.1, 0.15) is 72.1 Å². The van der Waals surface area contributed by atoms with E-state index in [-0.39, 0.29) is 0 Å². The average Bonchev–Trinajstić information content (AvgIpc) is 2.75. The summed E-state index contributed by atoms with van der Waals surface area (Å²) in [5, 5.41) is 0. The summed E-state index contributed by atoms with van der Waals surface area (Å²) in [6, 6.07) is 0. The average molecular weight is 225 g/mol. The van der Waals surface area contributed by atoms with Gasteiger partial charge in [-0.15, -0.1) is 0 Å². The molecular weight excluding hydrogens is 194 g/mol. The first-order valence-corrected chi connectivity index (χ1v) is 7.36. The molecule has 1 aliphatic heterocycles. The summed E-state index contributed by atoms with van der Waals surface area (Å²) in [5.74, 6) is 0. The van der Waals surface area contributed by atoms with Crippen molar-refractivity contribution in [2.75, 3.05) is 19.6 Å². The van der Waals surface area contributed by atoms with Crippen LogP contribution in [0.25, 0.3) is 0 Å². The lowest BCUT2D eigenvalue weighted by Gasteiger charge is -2.27. The lowest BCUT2D eigenvalue weighted by molar-refractivity contribution is 0.231. The maximum Gasteiger partial charge on any atom is -0.00136 e. The molecule has 0 unspecified atom stereocenters. The molecule has 0 N–H and O–H groups in total. The fraction of sp³-hybridized carbons (Fsp3) is 1.00. The highest BCUT2D eigenvalue weighted by atomic mass is 15.1. The molecule has 1 saturated heterocycles. The molecule has 1 heterocycles. The van der Waals surface area contributed by atoms with Gasteiger partial charge in [-0.25, -0.2) is 0 Å². The summed E-state index contributed by atoms with van der Waals surface area (Å²) >= 11 is 0.